The summed E-state index contributed by atoms with van der Waals surface area (Å²) in [6, 6.07) is 2.00. The van der Waals surface area contributed by atoms with Crippen LogP contribution < -0.4 is 0 Å². The molecule has 0 radical (unpaired) electrons. The molecule has 132 valence electrons. The Morgan fingerprint density at radius 2 is 1.67 bits per heavy atom. The third-order valence-corrected chi connectivity index (χ3v) is 4.25. The largest absolute Gasteiger partial charge is 0.507 e. The first-order chi connectivity index (χ1) is 10.9. The van der Waals surface area contributed by atoms with Gasteiger partial charge in [0, 0.05) is 16.7 Å². The van der Waals surface area contributed by atoms with E-state index in [0.29, 0.717) is 16.5 Å². The Morgan fingerprint density at radius 1 is 1.12 bits per heavy atom. The molecule has 0 bridgehead atoms. The highest BCUT2D eigenvalue weighted by atomic mass is 16.5. The Hall–Kier alpha value is -1.97. The van der Waals surface area contributed by atoms with Gasteiger partial charge in [-0.05, 0) is 30.7 Å². The number of hydrogen-bond acceptors (Lipinski definition) is 4. The molecule has 0 saturated heterocycles. The Bertz CT molecular complexity index is 783. The highest BCUT2D eigenvalue weighted by molar-refractivity contribution is 6.00. The standard InChI is InChI=1S/C20H28O4/c1-9-23-18(22)16-11(2)14-15(21)12(19(3,4)5)10-13(17(14)24-16)20(6,7)8/h10,21H,9H2,1-8H3. The normalized spacial score (nSPS) is 12.7. The first-order valence-electron chi connectivity index (χ1n) is 8.36. The predicted octanol–water partition coefficient (Wildman–Crippen LogP) is 5.22. The number of ether oxygens (including phenoxy) is 1. The molecule has 1 aromatic carbocycles. The maximum Gasteiger partial charge on any atom is 0.374 e. The van der Waals surface area contributed by atoms with Crippen LogP contribution in [-0.2, 0) is 15.6 Å². The topological polar surface area (TPSA) is 59.7 Å². The minimum absolute atomic E-state index is 0.165. The van der Waals surface area contributed by atoms with Crippen molar-refractivity contribution in [3.05, 3.63) is 28.5 Å². The fraction of sp³-hybridized carbons (Fsp3) is 0.550. The van der Waals surface area contributed by atoms with Crippen molar-refractivity contribution in [2.45, 2.75) is 66.2 Å². The Kier molecular flexibility index (Phi) is 4.47. The first kappa shape index (κ1) is 18.4. The Balaban J connectivity index is 2.93. The zero-order valence-electron chi connectivity index (χ0n) is 16.0. The minimum Gasteiger partial charge on any atom is -0.507 e. The number of aromatic hydroxyl groups is 1. The summed E-state index contributed by atoms with van der Waals surface area (Å²) in [5.41, 5.74) is 2.58. The SMILES string of the molecule is CCOC(=O)c1oc2c(C(C)(C)C)cc(C(C)(C)C)c(O)c2c1C. The number of benzene rings is 1. The van der Waals surface area contributed by atoms with Crippen molar-refractivity contribution in [2.24, 2.45) is 0 Å². The molecule has 1 aromatic heterocycles. The van der Waals surface area contributed by atoms with E-state index < -0.39 is 5.97 Å². The molecule has 2 aromatic rings. The van der Waals surface area contributed by atoms with Gasteiger partial charge in [-0.15, -0.1) is 0 Å². The zero-order valence-corrected chi connectivity index (χ0v) is 16.0. The number of hydrogen-bond donors (Lipinski definition) is 1. The molecule has 2 rings (SSSR count). The van der Waals surface area contributed by atoms with E-state index in [9.17, 15) is 9.90 Å². The molecule has 0 fully saturated rings. The van der Waals surface area contributed by atoms with E-state index in [1.807, 2.05) is 6.07 Å². The molecule has 4 nitrogen and oxygen atoms in total. The monoisotopic (exact) mass is 332 g/mol. The van der Waals surface area contributed by atoms with Gasteiger partial charge in [-0.2, -0.15) is 0 Å². The molecule has 0 unspecified atom stereocenters. The van der Waals surface area contributed by atoms with E-state index in [1.165, 1.54) is 0 Å². The van der Waals surface area contributed by atoms with Crippen molar-refractivity contribution in [1.82, 2.24) is 0 Å². The molecular formula is C20H28O4. The highest BCUT2D eigenvalue weighted by Gasteiger charge is 2.31. The minimum atomic E-state index is -0.497. The van der Waals surface area contributed by atoms with Crippen molar-refractivity contribution < 1.29 is 19.1 Å². The lowest BCUT2D eigenvalue weighted by Crippen LogP contribution is -2.16. The van der Waals surface area contributed by atoms with E-state index in [4.69, 9.17) is 9.15 Å². The summed E-state index contributed by atoms with van der Waals surface area (Å²) in [7, 11) is 0. The van der Waals surface area contributed by atoms with E-state index in [-0.39, 0.29) is 28.9 Å². The van der Waals surface area contributed by atoms with E-state index in [0.717, 1.165) is 11.1 Å². The lowest BCUT2D eigenvalue weighted by molar-refractivity contribution is 0.0491. The predicted molar refractivity (Wildman–Crippen MR) is 96.0 cm³/mol. The average molecular weight is 332 g/mol. The number of rotatable bonds is 2. The summed E-state index contributed by atoms with van der Waals surface area (Å²) in [5, 5.41) is 11.5. The zero-order chi connectivity index (χ0) is 18.4. The van der Waals surface area contributed by atoms with Crippen LogP contribution in [0.25, 0.3) is 11.0 Å². The number of carbonyl (C=O) groups excluding carboxylic acids is 1. The van der Waals surface area contributed by atoms with Crippen molar-refractivity contribution in [1.29, 1.82) is 0 Å². The fourth-order valence-corrected chi connectivity index (χ4v) is 2.92. The number of phenols is 1. The molecular weight excluding hydrogens is 304 g/mol. The van der Waals surface area contributed by atoms with Crippen molar-refractivity contribution in [2.75, 3.05) is 6.61 Å². The maximum atomic E-state index is 12.2. The summed E-state index contributed by atoms with van der Waals surface area (Å²) < 4.78 is 11.0. The van der Waals surface area contributed by atoms with Crippen molar-refractivity contribution in [3.8, 4) is 5.75 Å². The molecule has 1 N–H and O–H groups in total. The van der Waals surface area contributed by atoms with Crippen molar-refractivity contribution in [3.63, 3.8) is 0 Å². The van der Waals surface area contributed by atoms with Crippen LogP contribution in [-0.4, -0.2) is 17.7 Å². The second-order valence-electron chi connectivity index (χ2n) is 8.30. The number of aryl methyl sites for hydroxylation is 1. The van der Waals surface area contributed by atoms with Crippen LogP contribution in [0.15, 0.2) is 10.5 Å². The van der Waals surface area contributed by atoms with Gasteiger partial charge in [-0.1, -0.05) is 41.5 Å². The van der Waals surface area contributed by atoms with Crippen LogP contribution in [0.3, 0.4) is 0 Å². The fourth-order valence-electron chi connectivity index (χ4n) is 2.92. The van der Waals surface area contributed by atoms with Gasteiger partial charge in [-0.3, -0.25) is 0 Å². The summed E-state index contributed by atoms with van der Waals surface area (Å²) in [4.78, 5) is 12.2. The summed E-state index contributed by atoms with van der Waals surface area (Å²) in [6.45, 7) is 16.3. The van der Waals surface area contributed by atoms with Gasteiger partial charge in [-0.25, -0.2) is 4.79 Å². The Labute approximate surface area is 143 Å². The number of furan rings is 1. The molecule has 0 aliphatic rings. The summed E-state index contributed by atoms with van der Waals surface area (Å²) in [5.74, 6) is -0.149. The van der Waals surface area contributed by atoms with Crippen LogP contribution in [0.4, 0.5) is 0 Å². The molecule has 4 heteroatoms. The third-order valence-electron chi connectivity index (χ3n) is 4.25. The van der Waals surface area contributed by atoms with Gasteiger partial charge in [0.25, 0.3) is 0 Å². The van der Waals surface area contributed by atoms with E-state index in [1.54, 1.807) is 13.8 Å². The molecule has 0 aliphatic heterocycles. The summed E-state index contributed by atoms with van der Waals surface area (Å²) in [6.07, 6.45) is 0. The summed E-state index contributed by atoms with van der Waals surface area (Å²) >= 11 is 0. The van der Waals surface area contributed by atoms with Gasteiger partial charge in [0.15, 0.2) is 0 Å². The smallest absolute Gasteiger partial charge is 0.374 e. The van der Waals surface area contributed by atoms with Gasteiger partial charge >= 0.3 is 5.97 Å². The number of esters is 1. The molecule has 0 atom stereocenters. The van der Waals surface area contributed by atoms with Gasteiger partial charge < -0.3 is 14.3 Å². The first-order valence-corrected chi connectivity index (χ1v) is 8.36. The maximum absolute atomic E-state index is 12.2. The molecule has 0 aliphatic carbocycles. The van der Waals surface area contributed by atoms with Crippen molar-refractivity contribution >= 4 is 16.9 Å². The van der Waals surface area contributed by atoms with Crippen LogP contribution in [0.1, 0.15) is 75.7 Å². The quantitative estimate of drug-likeness (QED) is 0.766. The van der Waals surface area contributed by atoms with Gasteiger partial charge in [0.05, 0.1) is 12.0 Å². The highest BCUT2D eigenvalue weighted by Crippen LogP contribution is 2.45. The number of carbonyl (C=O) groups is 1. The lowest BCUT2D eigenvalue weighted by atomic mass is 9.79. The molecule has 1 heterocycles. The van der Waals surface area contributed by atoms with Crippen LogP contribution in [0, 0.1) is 6.92 Å². The van der Waals surface area contributed by atoms with E-state index >= 15 is 0 Å². The van der Waals surface area contributed by atoms with Gasteiger partial charge in [0.1, 0.15) is 11.3 Å². The van der Waals surface area contributed by atoms with Crippen LogP contribution in [0.5, 0.6) is 5.75 Å². The molecule has 0 saturated carbocycles. The Morgan fingerprint density at radius 3 is 2.12 bits per heavy atom. The average Bonchev–Trinajstić information content (AvgIpc) is 2.75. The second-order valence-corrected chi connectivity index (χ2v) is 8.30. The molecule has 24 heavy (non-hydrogen) atoms. The second kappa shape index (κ2) is 5.83. The third kappa shape index (κ3) is 3.02. The number of fused-ring (bicyclic) bond motifs is 1. The molecule has 0 spiro atoms. The van der Waals surface area contributed by atoms with Crippen LogP contribution >= 0.6 is 0 Å². The van der Waals surface area contributed by atoms with Crippen LogP contribution in [0.2, 0.25) is 0 Å². The lowest BCUT2D eigenvalue weighted by Gasteiger charge is -2.26. The van der Waals surface area contributed by atoms with Gasteiger partial charge in [0.2, 0.25) is 5.76 Å². The number of phenolic OH excluding ortho intramolecular Hbond substituents is 1. The van der Waals surface area contributed by atoms with E-state index in [2.05, 4.69) is 41.5 Å². The molecule has 0 amide bonds.